The summed E-state index contributed by atoms with van der Waals surface area (Å²) in [5.41, 5.74) is 3.83. The molecule has 3 N–H and O–H groups in total. The number of amides is 1. The fraction of sp³-hybridized carbons (Fsp3) is 0.370. The summed E-state index contributed by atoms with van der Waals surface area (Å²) in [6, 6.07) is 11.2. The fourth-order valence-corrected chi connectivity index (χ4v) is 5.98. The average molecular weight is 543 g/mol. The maximum absolute atomic E-state index is 14.3. The second-order valence-corrected chi connectivity index (χ2v) is 10.0. The standard InChI is InChI=1S/C27H25F3N4O5/c1-38-16-8-5-9-17-21(16)32-24(39-17)19-20(14-10-11-15(12-14)26(36)37)31-23-18(13-6-3-2-4-7-13)22(27(28,29)30)33-34(23)25(19)35/h2-9,14-15,18,22-23,31,33H,10-12H2,1H3,(H,36,37). The number of fused-ring (bicyclic) bond motifs is 2. The van der Waals surface area contributed by atoms with Gasteiger partial charge in [-0.15, -0.1) is 0 Å². The van der Waals surface area contributed by atoms with Crippen molar-refractivity contribution in [2.45, 2.75) is 43.6 Å². The Morgan fingerprint density at radius 2 is 1.92 bits per heavy atom. The first-order valence-corrected chi connectivity index (χ1v) is 12.6. The Morgan fingerprint density at radius 3 is 2.59 bits per heavy atom. The number of nitrogens with one attached hydrogen (secondary N) is 2. The van der Waals surface area contributed by atoms with Crippen LogP contribution in [0.2, 0.25) is 0 Å². The van der Waals surface area contributed by atoms with E-state index >= 15 is 0 Å². The minimum Gasteiger partial charge on any atom is -0.494 e. The van der Waals surface area contributed by atoms with Crippen molar-refractivity contribution in [1.82, 2.24) is 20.7 Å². The quantitative estimate of drug-likeness (QED) is 0.443. The SMILES string of the molecule is COc1cccc2oc(C3=C(C4CCC(C(=O)O)C4)NC4C(c5ccccc5)C(C(F)(F)F)NN4C3=O)nc12. The van der Waals surface area contributed by atoms with E-state index in [1.165, 1.54) is 7.11 Å². The number of carboxylic acids is 1. The number of aliphatic carboxylic acids is 1. The maximum atomic E-state index is 14.3. The molecule has 1 amide bonds. The molecule has 0 radical (unpaired) electrons. The van der Waals surface area contributed by atoms with Crippen molar-refractivity contribution >= 4 is 28.5 Å². The Balaban J connectivity index is 1.50. The van der Waals surface area contributed by atoms with Crippen LogP contribution >= 0.6 is 0 Å². The van der Waals surface area contributed by atoms with Crippen LogP contribution in [-0.2, 0) is 9.59 Å². The number of alkyl halides is 3. The van der Waals surface area contributed by atoms with E-state index in [4.69, 9.17) is 9.15 Å². The highest BCUT2D eigenvalue weighted by Gasteiger charge is 2.59. The molecule has 3 heterocycles. The zero-order valence-corrected chi connectivity index (χ0v) is 20.7. The van der Waals surface area contributed by atoms with Gasteiger partial charge in [0.05, 0.1) is 18.9 Å². The molecule has 5 atom stereocenters. The van der Waals surface area contributed by atoms with Crippen LogP contribution in [0.5, 0.6) is 5.75 Å². The molecule has 3 aliphatic rings. The van der Waals surface area contributed by atoms with Crippen LogP contribution in [0.4, 0.5) is 13.2 Å². The number of benzene rings is 2. The van der Waals surface area contributed by atoms with Crippen LogP contribution < -0.4 is 15.5 Å². The Morgan fingerprint density at radius 1 is 1.15 bits per heavy atom. The van der Waals surface area contributed by atoms with Gasteiger partial charge in [-0.2, -0.15) is 13.2 Å². The first kappa shape index (κ1) is 25.2. The number of carbonyl (C=O) groups is 2. The second kappa shape index (κ2) is 9.30. The Labute approximate surface area is 220 Å². The number of hydrazine groups is 1. The van der Waals surface area contributed by atoms with E-state index in [1.807, 2.05) is 0 Å². The number of allylic oxidation sites excluding steroid dienone is 1. The predicted molar refractivity (Wildman–Crippen MR) is 132 cm³/mol. The van der Waals surface area contributed by atoms with Gasteiger partial charge >= 0.3 is 12.1 Å². The van der Waals surface area contributed by atoms with Crippen molar-refractivity contribution in [1.29, 1.82) is 0 Å². The molecule has 2 fully saturated rings. The number of aromatic nitrogens is 1. The van der Waals surface area contributed by atoms with Crippen LogP contribution in [0.1, 0.15) is 36.6 Å². The van der Waals surface area contributed by atoms with Gasteiger partial charge in [0.15, 0.2) is 11.1 Å². The van der Waals surface area contributed by atoms with Gasteiger partial charge in [-0.25, -0.2) is 15.4 Å². The van der Waals surface area contributed by atoms with Crippen LogP contribution in [-0.4, -0.2) is 52.5 Å². The fourth-order valence-electron chi connectivity index (χ4n) is 5.98. The third-order valence-corrected chi connectivity index (χ3v) is 7.80. The molecular weight excluding hydrogens is 517 g/mol. The highest BCUT2D eigenvalue weighted by atomic mass is 19.4. The molecule has 1 saturated carbocycles. The number of nitrogens with zero attached hydrogens (tertiary/aromatic N) is 2. The number of ether oxygens (including phenoxy) is 1. The van der Waals surface area contributed by atoms with Gasteiger partial charge in [0.2, 0.25) is 5.89 Å². The number of hydrogen-bond acceptors (Lipinski definition) is 7. The molecule has 1 aliphatic carbocycles. The molecule has 3 aromatic rings. The van der Waals surface area contributed by atoms with E-state index in [-0.39, 0.29) is 17.9 Å². The number of oxazole rings is 1. The van der Waals surface area contributed by atoms with E-state index in [0.717, 1.165) is 5.01 Å². The first-order valence-electron chi connectivity index (χ1n) is 12.6. The zero-order valence-electron chi connectivity index (χ0n) is 20.7. The molecule has 0 spiro atoms. The number of carbonyl (C=O) groups excluding carboxylic acids is 1. The molecule has 39 heavy (non-hydrogen) atoms. The third kappa shape index (κ3) is 4.19. The first-order chi connectivity index (χ1) is 18.7. The summed E-state index contributed by atoms with van der Waals surface area (Å²) in [6.07, 6.45) is -4.68. The summed E-state index contributed by atoms with van der Waals surface area (Å²) in [5, 5.41) is 13.8. The van der Waals surface area contributed by atoms with Crippen molar-refractivity contribution in [2.75, 3.05) is 7.11 Å². The third-order valence-electron chi connectivity index (χ3n) is 7.80. The molecular formula is C27H25F3N4O5. The number of para-hydroxylation sites is 1. The monoisotopic (exact) mass is 542 g/mol. The van der Waals surface area contributed by atoms with Crippen LogP contribution in [0.25, 0.3) is 16.7 Å². The summed E-state index contributed by atoms with van der Waals surface area (Å²) in [4.78, 5) is 30.2. The molecule has 2 aromatic carbocycles. The Hall–Kier alpha value is -4.06. The van der Waals surface area contributed by atoms with E-state index in [9.17, 15) is 27.9 Å². The van der Waals surface area contributed by atoms with Gasteiger partial charge in [-0.3, -0.25) is 9.59 Å². The summed E-state index contributed by atoms with van der Waals surface area (Å²) in [7, 11) is 1.46. The smallest absolute Gasteiger partial charge is 0.406 e. The van der Waals surface area contributed by atoms with Crippen LogP contribution in [0, 0.1) is 11.8 Å². The topological polar surface area (TPSA) is 117 Å². The van der Waals surface area contributed by atoms with Crippen LogP contribution in [0.15, 0.2) is 58.6 Å². The number of rotatable bonds is 5. The van der Waals surface area contributed by atoms with Crippen molar-refractivity contribution in [3.05, 3.63) is 65.7 Å². The Kier molecular flexibility index (Phi) is 6.01. The van der Waals surface area contributed by atoms with Gasteiger partial charge in [0.25, 0.3) is 5.91 Å². The second-order valence-electron chi connectivity index (χ2n) is 10.0. The summed E-state index contributed by atoms with van der Waals surface area (Å²) >= 11 is 0. The summed E-state index contributed by atoms with van der Waals surface area (Å²) in [5.74, 6) is -3.55. The average Bonchev–Trinajstić information content (AvgIpc) is 3.65. The van der Waals surface area contributed by atoms with E-state index in [2.05, 4.69) is 15.7 Å². The van der Waals surface area contributed by atoms with Crippen LogP contribution in [0.3, 0.4) is 0 Å². The minimum absolute atomic E-state index is 0.0253. The molecule has 6 rings (SSSR count). The van der Waals surface area contributed by atoms with Gasteiger partial charge in [0, 0.05) is 11.6 Å². The largest absolute Gasteiger partial charge is 0.494 e. The molecule has 1 saturated heterocycles. The van der Waals surface area contributed by atoms with Gasteiger partial charge in [0.1, 0.15) is 23.5 Å². The molecule has 2 aliphatic heterocycles. The molecule has 5 unspecified atom stereocenters. The normalized spacial score (nSPS) is 27.1. The predicted octanol–water partition coefficient (Wildman–Crippen LogP) is 4.04. The summed E-state index contributed by atoms with van der Waals surface area (Å²) in [6.45, 7) is 0. The summed E-state index contributed by atoms with van der Waals surface area (Å²) < 4.78 is 54.2. The van der Waals surface area contributed by atoms with Crippen molar-refractivity contribution < 1.29 is 37.0 Å². The lowest BCUT2D eigenvalue weighted by Gasteiger charge is -2.37. The number of carboxylic acid groups (broad SMARTS) is 1. The van der Waals surface area contributed by atoms with Gasteiger partial charge < -0.3 is 19.6 Å². The highest BCUT2D eigenvalue weighted by molar-refractivity contribution is 6.20. The molecule has 204 valence electrons. The minimum atomic E-state index is -4.66. The molecule has 1 aromatic heterocycles. The lowest BCUT2D eigenvalue weighted by Crippen LogP contribution is -2.55. The van der Waals surface area contributed by atoms with Gasteiger partial charge in [-0.1, -0.05) is 36.4 Å². The van der Waals surface area contributed by atoms with E-state index in [1.54, 1.807) is 48.5 Å². The molecule has 12 heteroatoms. The highest BCUT2D eigenvalue weighted by Crippen LogP contribution is 2.46. The Bertz CT molecular complexity index is 1470. The number of hydrogen-bond donors (Lipinski definition) is 3. The zero-order chi connectivity index (χ0) is 27.5. The van der Waals surface area contributed by atoms with Crippen molar-refractivity contribution in [3.63, 3.8) is 0 Å². The maximum Gasteiger partial charge on any atom is 0.406 e. The van der Waals surface area contributed by atoms with E-state index < -0.39 is 48.0 Å². The molecule has 0 bridgehead atoms. The molecule has 9 nitrogen and oxygen atoms in total. The van der Waals surface area contributed by atoms with Gasteiger partial charge in [-0.05, 0) is 37.0 Å². The lowest BCUT2D eigenvalue weighted by molar-refractivity contribution is -0.161. The van der Waals surface area contributed by atoms with Crippen molar-refractivity contribution in [2.24, 2.45) is 11.8 Å². The number of methoxy groups -OCH3 is 1. The lowest BCUT2D eigenvalue weighted by atomic mass is 9.87. The number of halogens is 3. The van der Waals surface area contributed by atoms with Crippen molar-refractivity contribution in [3.8, 4) is 5.75 Å². The van der Waals surface area contributed by atoms with E-state index in [0.29, 0.717) is 41.0 Å².